The first kappa shape index (κ1) is 15.9. The van der Waals surface area contributed by atoms with Crippen molar-refractivity contribution in [2.45, 2.75) is 25.9 Å². The molecule has 2 aromatic carbocycles. The molecule has 2 rings (SSSR count). The van der Waals surface area contributed by atoms with Crippen LogP contribution in [0.15, 0.2) is 48.5 Å². The Balaban J connectivity index is 2.06. The van der Waals surface area contributed by atoms with Crippen LogP contribution in [-0.4, -0.2) is 24.3 Å². The maximum atomic E-state index is 11.4. The van der Waals surface area contributed by atoms with Crippen LogP contribution in [0.3, 0.4) is 0 Å². The Hall–Kier alpha value is -2.49. The number of hydrogen-bond donors (Lipinski definition) is 1. The smallest absolute Gasteiger partial charge is 0.345 e. The SMILES string of the molecule is CCc1ccc(CC(Oc2ccc(OC)cc2)C(=O)O)cc1. The Bertz CT molecular complexity index is 552. The average molecular weight is 300 g/mol. The maximum absolute atomic E-state index is 11.4. The normalized spacial score (nSPS) is 11.7. The first-order valence-electron chi connectivity index (χ1n) is 7.23. The number of ether oxygens (including phenoxy) is 2. The molecule has 1 unspecified atom stereocenters. The Morgan fingerprint density at radius 3 is 2.05 bits per heavy atom. The predicted octanol–water partition coefficient (Wildman–Crippen LogP) is 3.33. The highest BCUT2D eigenvalue weighted by Gasteiger charge is 2.20. The van der Waals surface area contributed by atoms with Gasteiger partial charge in [-0.05, 0) is 41.8 Å². The van der Waals surface area contributed by atoms with E-state index in [2.05, 4.69) is 6.92 Å². The summed E-state index contributed by atoms with van der Waals surface area (Å²) in [6, 6.07) is 14.8. The maximum Gasteiger partial charge on any atom is 0.345 e. The standard InChI is InChI=1S/C18H20O4/c1-3-13-4-6-14(7-5-13)12-17(18(19)20)22-16-10-8-15(21-2)9-11-16/h4-11,17H,3,12H2,1-2H3,(H,19,20). The molecule has 22 heavy (non-hydrogen) atoms. The van der Waals surface area contributed by atoms with Crippen molar-refractivity contribution in [3.05, 3.63) is 59.7 Å². The minimum atomic E-state index is -0.976. The summed E-state index contributed by atoms with van der Waals surface area (Å²) in [7, 11) is 1.58. The fourth-order valence-electron chi connectivity index (χ4n) is 2.12. The van der Waals surface area contributed by atoms with Gasteiger partial charge in [-0.25, -0.2) is 4.79 Å². The van der Waals surface area contributed by atoms with E-state index < -0.39 is 12.1 Å². The third-order valence-electron chi connectivity index (χ3n) is 3.47. The summed E-state index contributed by atoms with van der Waals surface area (Å²) in [4.78, 5) is 11.4. The molecule has 4 heteroatoms. The summed E-state index contributed by atoms with van der Waals surface area (Å²) in [5.74, 6) is 0.239. The van der Waals surface area contributed by atoms with Crippen molar-refractivity contribution in [2.75, 3.05) is 7.11 Å². The molecule has 0 heterocycles. The first-order chi connectivity index (χ1) is 10.6. The van der Waals surface area contributed by atoms with Crippen molar-refractivity contribution in [3.63, 3.8) is 0 Å². The molecular formula is C18H20O4. The van der Waals surface area contributed by atoms with Gasteiger partial charge in [-0.15, -0.1) is 0 Å². The number of hydrogen-bond acceptors (Lipinski definition) is 3. The van der Waals surface area contributed by atoms with E-state index in [1.807, 2.05) is 24.3 Å². The second-order valence-corrected chi connectivity index (χ2v) is 4.99. The molecule has 0 aliphatic heterocycles. The zero-order valence-electron chi connectivity index (χ0n) is 12.8. The number of benzene rings is 2. The van der Waals surface area contributed by atoms with Gasteiger partial charge in [0.2, 0.25) is 0 Å². The molecule has 0 saturated carbocycles. The van der Waals surface area contributed by atoms with Crippen molar-refractivity contribution < 1.29 is 19.4 Å². The van der Waals surface area contributed by atoms with Gasteiger partial charge in [-0.3, -0.25) is 0 Å². The van der Waals surface area contributed by atoms with Crippen LogP contribution in [0, 0.1) is 0 Å². The van der Waals surface area contributed by atoms with Crippen LogP contribution in [0.2, 0.25) is 0 Å². The van der Waals surface area contributed by atoms with E-state index in [0.717, 1.165) is 12.0 Å². The quantitative estimate of drug-likeness (QED) is 0.852. The number of rotatable bonds is 7. The molecule has 0 saturated heterocycles. The number of aliphatic carboxylic acids is 1. The lowest BCUT2D eigenvalue weighted by molar-refractivity contribution is -0.145. The van der Waals surface area contributed by atoms with Crippen molar-refractivity contribution in [3.8, 4) is 11.5 Å². The Morgan fingerprint density at radius 2 is 1.55 bits per heavy atom. The second-order valence-electron chi connectivity index (χ2n) is 4.99. The number of carbonyl (C=O) groups is 1. The van der Waals surface area contributed by atoms with E-state index in [1.165, 1.54) is 5.56 Å². The zero-order chi connectivity index (χ0) is 15.9. The molecule has 0 aliphatic carbocycles. The van der Waals surface area contributed by atoms with Crippen molar-refractivity contribution in [2.24, 2.45) is 0 Å². The van der Waals surface area contributed by atoms with Crippen molar-refractivity contribution >= 4 is 5.97 Å². The van der Waals surface area contributed by atoms with Gasteiger partial charge in [0.05, 0.1) is 7.11 Å². The van der Waals surface area contributed by atoms with Crippen LogP contribution in [0.5, 0.6) is 11.5 Å². The lowest BCUT2D eigenvalue weighted by atomic mass is 10.0. The number of methoxy groups -OCH3 is 1. The van der Waals surface area contributed by atoms with Crippen LogP contribution >= 0.6 is 0 Å². The Labute approximate surface area is 130 Å². The molecule has 0 fully saturated rings. The van der Waals surface area contributed by atoms with E-state index in [4.69, 9.17) is 9.47 Å². The van der Waals surface area contributed by atoms with Crippen LogP contribution < -0.4 is 9.47 Å². The van der Waals surface area contributed by atoms with Gasteiger partial charge in [0.1, 0.15) is 11.5 Å². The summed E-state index contributed by atoms with van der Waals surface area (Å²) in [6.07, 6.45) is 0.372. The van der Waals surface area contributed by atoms with Gasteiger partial charge < -0.3 is 14.6 Å². The molecule has 1 atom stereocenters. The van der Waals surface area contributed by atoms with Crippen LogP contribution in [0.1, 0.15) is 18.1 Å². The monoisotopic (exact) mass is 300 g/mol. The van der Waals surface area contributed by atoms with E-state index in [0.29, 0.717) is 17.9 Å². The highest BCUT2D eigenvalue weighted by molar-refractivity contribution is 5.73. The third-order valence-corrected chi connectivity index (χ3v) is 3.47. The van der Waals surface area contributed by atoms with E-state index in [1.54, 1.807) is 31.4 Å². The van der Waals surface area contributed by atoms with Gasteiger partial charge in [-0.1, -0.05) is 31.2 Å². The summed E-state index contributed by atoms with van der Waals surface area (Å²) in [6.45, 7) is 2.09. The molecule has 1 N–H and O–H groups in total. The highest BCUT2D eigenvalue weighted by atomic mass is 16.5. The molecule has 0 aliphatic rings. The molecular weight excluding hydrogens is 280 g/mol. The minimum Gasteiger partial charge on any atom is -0.497 e. The second kappa shape index (κ2) is 7.50. The predicted molar refractivity (Wildman–Crippen MR) is 84.6 cm³/mol. The summed E-state index contributed by atoms with van der Waals surface area (Å²) < 4.78 is 10.6. The topological polar surface area (TPSA) is 55.8 Å². The minimum absolute atomic E-state index is 0.325. The Morgan fingerprint density at radius 1 is 1.00 bits per heavy atom. The van der Waals surface area contributed by atoms with Gasteiger partial charge in [-0.2, -0.15) is 0 Å². The van der Waals surface area contributed by atoms with Gasteiger partial charge >= 0.3 is 5.97 Å². The van der Waals surface area contributed by atoms with Crippen molar-refractivity contribution in [1.82, 2.24) is 0 Å². The molecule has 0 amide bonds. The average Bonchev–Trinajstić information content (AvgIpc) is 2.55. The zero-order valence-corrected chi connectivity index (χ0v) is 12.8. The third kappa shape index (κ3) is 4.25. The summed E-state index contributed by atoms with van der Waals surface area (Å²) in [5, 5.41) is 9.35. The molecule has 0 radical (unpaired) electrons. The van der Waals surface area contributed by atoms with E-state index >= 15 is 0 Å². The van der Waals surface area contributed by atoms with E-state index in [9.17, 15) is 9.90 Å². The summed E-state index contributed by atoms with van der Waals surface area (Å²) >= 11 is 0. The van der Waals surface area contributed by atoms with Crippen molar-refractivity contribution in [1.29, 1.82) is 0 Å². The fraction of sp³-hybridized carbons (Fsp3) is 0.278. The number of carboxylic acid groups (broad SMARTS) is 1. The number of aryl methyl sites for hydroxylation is 1. The largest absolute Gasteiger partial charge is 0.497 e. The number of carboxylic acids is 1. The summed E-state index contributed by atoms with van der Waals surface area (Å²) in [5.41, 5.74) is 2.17. The van der Waals surface area contributed by atoms with Gasteiger partial charge in [0.25, 0.3) is 0 Å². The van der Waals surface area contributed by atoms with Gasteiger partial charge in [0.15, 0.2) is 6.10 Å². The van der Waals surface area contributed by atoms with Crippen LogP contribution in [0.4, 0.5) is 0 Å². The molecule has 2 aromatic rings. The lowest BCUT2D eigenvalue weighted by Gasteiger charge is -2.15. The molecule has 0 aromatic heterocycles. The molecule has 0 spiro atoms. The van der Waals surface area contributed by atoms with Gasteiger partial charge in [0, 0.05) is 6.42 Å². The Kier molecular flexibility index (Phi) is 5.42. The van der Waals surface area contributed by atoms with E-state index in [-0.39, 0.29) is 0 Å². The van der Waals surface area contributed by atoms with Crippen LogP contribution in [-0.2, 0) is 17.6 Å². The first-order valence-corrected chi connectivity index (χ1v) is 7.23. The molecule has 0 bridgehead atoms. The highest BCUT2D eigenvalue weighted by Crippen LogP contribution is 2.19. The molecule has 4 nitrogen and oxygen atoms in total. The fourth-order valence-corrected chi connectivity index (χ4v) is 2.12. The lowest BCUT2D eigenvalue weighted by Crippen LogP contribution is -2.29. The molecule has 116 valence electrons. The van der Waals surface area contributed by atoms with Crippen LogP contribution in [0.25, 0.3) is 0 Å².